The zero-order valence-corrected chi connectivity index (χ0v) is 18.1. The monoisotopic (exact) mass is 467 g/mol. The first-order valence-corrected chi connectivity index (χ1v) is 11.7. The molecular formula is C19H18ClN3O5S2. The van der Waals surface area contributed by atoms with Crippen LogP contribution in [0.4, 0.5) is 5.69 Å². The molecule has 1 fully saturated rings. The number of hydrogen-bond donors (Lipinski definition) is 1. The van der Waals surface area contributed by atoms with E-state index in [2.05, 4.69) is 5.32 Å². The number of thiophene rings is 1. The van der Waals surface area contributed by atoms with E-state index >= 15 is 0 Å². The average molecular weight is 468 g/mol. The van der Waals surface area contributed by atoms with Gasteiger partial charge in [0.2, 0.25) is 0 Å². The maximum absolute atomic E-state index is 12.5. The molecule has 0 radical (unpaired) electrons. The van der Waals surface area contributed by atoms with Gasteiger partial charge in [-0.15, -0.1) is 11.3 Å². The first kappa shape index (κ1) is 22.2. The van der Waals surface area contributed by atoms with Crippen LogP contribution >= 0.6 is 22.9 Å². The quantitative estimate of drug-likeness (QED) is 0.653. The van der Waals surface area contributed by atoms with Gasteiger partial charge in [-0.2, -0.15) is 9.57 Å². The molecule has 1 aromatic heterocycles. The number of piperidine rings is 1. The van der Waals surface area contributed by atoms with Crippen LogP contribution in [0, 0.1) is 17.2 Å². The lowest BCUT2D eigenvalue weighted by Gasteiger charge is -2.29. The SMILES string of the molecule is N#Cc1ccc(Cl)cc1NC(=O)COC(=O)C1CCN(S(=O)(=O)c2cccs2)CC1. The lowest BCUT2D eigenvalue weighted by atomic mass is 9.98. The third-order valence-electron chi connectivity index (χ3n) is 4.60. The number of anilines is 1. The van der Waals surface area contributed by atoms with E-state index in [1.807, 2.05) is 6.07 Å². The molecule has 1 aliphatic heterocycles. The van der Waals surface area contributed by atoms with Crippen molar-refractivity contribution in [2.75, 3.05) is 25.0 Å². The van der Waals surface area contributed by atoms with Crippen LogP contribution in [0.3, 0.4) is 0 Å². The fourth-order valence-corrected chi connectivity index (χ4v) is 5.81. The van der Waals surface area contributed by atoms with Crippen LogP contribution in [0.1, 0.15) is 18.4 Å². The number of rotatable bonds is 6. The van der Waals surface area contributed by atoms with Crippen molar-refractivity contribution >= 4 is 50.5 Å². The average Bonchev–Trinajstić information content (AvgIpc) is 3.28. The van der Waals surface area contributed by atoms with Gasteiger partial charge in [-0.25, -0.2) is 8.42 Å². The summed E-state index contributed by atoms with van der Waals surface area (Å²) in [5.74, 6) is -1.63. The van der Waals surface area contributed by atoms with E-state index in [1.54, 1.807) is 17.5 Å². The summed E-state index contributed by atoms with van der Waals surface area (Å²) in [6.07, 6.45) is 0.635. The molecule has 8 nitrogen and oxygen atoms in total. The van der Waals surface area contributed by atoms with Gasteiger partial charge in [0.05, 0.1) is 17.2 Å². The summed E-state index contributed by atoms with van der Waals surface area (Å²) in [4.78, 5) is 24.3. The van der Waals surface area contributed by atoms with Crippen LogP contribution in [0.2, 0.25) is 5.02 Å². The summed E-state index contributed by atoms with van der Waals surface area (Å²) in [5, 5.41) is 13.6. The smallest absolute Gasteiger partial charge is 0.309 e. The lowest BCUT2D eigenvalue weighted by Crippen LogP contribution is -2.40. The van der Waals surface area contributed by atoms with Crippen molar-refractivity contribution in [2.45, 2.75) is 17.1 Å². The molecule has 0 unspecified atom stereocenters. The van der Waals surface area contributed by atoms with E-state index in [9.17, 15) is 18.0 Å². The van der Waals surface area contributed by atoms with E-state index < -0.39 is 34.4 Å². The molecule has 0 saturated carbocycles. The zero-order chi connectivity index (χ0) is 21.7. The Hall–Kier alpha value is -2.45. The second kappa shape index (κ2) is 9.57. The van der Waals surface area contributed by atoms with Crippen molar-refractivity contribution in [2.24, 2.45) is 5.92 Å². The molecule has 1 N–H and O–H groups in total. The summed E-state index contributed by atoms with van der Waals surface area (Å²) >= 11 is 7.02. The number of nitriles is 1. The molecule has 1 amide bonds. The van der Waals surface area contributed by atoms with Gasteiger partial charge in [-0.05, 0) is 42.5 Å². The van der Waals surface area contributed by atoms with Crippen LogP contribution in [0.25, 0.3) is 0 Å². The molecule has 0 bridgehead atoms. The number of nitrogens with one attached hydrogen (secondary N) is 1. The Morgan fingerprint density at radius 2 is 2.03 bits per heavy atom. The minimum absolute atomic E-state index is 0.209. The number of carbonyl (C=O) groups is 2. The Morgan fingerprint density at radius 3 is 2.67 bits per heavy atom. The molecule has 11 heteroatoms. The van der Waals surface area contributed by atoms with Gasteiger partial charge in [-0.3, -0.25) is 9.59 Å². The molecule has 0 atom stereocenters. The predicted molar refractivity (Wildman–Crippen MR) is 112 cm³/mol. The maximum Gasteiger partial charge on any atom is 0.309 e. The van der Waals surface area contributed by atoms with Crippen molar-refractivity contribution in [3.05, 3.63) is 46.3 Å². The van der Waals surface area contributed by atoms with Crippen molar-refractivity contribution < 1.29 is 22.7 Å². The minimum atomic E-state index is -3.54. The number of amides is 1. The highest BCUT2D eigenvalue weighted by Gasteiger charge is 2.33. The van der Waals surface area contributed by atoms with Crippen molar-refractivity contribution in [1.29, 1.82) is 5.26 Å². The fraction of sp³-hybridized carbons (Fsp3) is 0.316. The molecule has 0 aliphatic carbocycles. The minimum Gasteiger partial charge on any atom is -0.455 e. The van der Waals surface area contributed by atoms with Gasteiger partial charge in [0.15, 0.2) is 6.61 Å². The number of hydrogen-bond acceptors (Lipinski definition) is 7. The predicted octanol–water partition coefficient (Wildman–Crippen LogP) is 2.86. The molecule has 30 heavy (non-hydrogen) atoms. The van der Waals surface area contributed by atoms with Gasteiger partial charge in [0.25, 0.3) is 15.9 Å². The first-order valence-electron chi connectivity index (χ1n) is 9.01. The summed E-state index contributed by atoms with van der Waals surface area (Å²) in [6, 6.07) is 9.60. The lowest BCUT2D eigenvalue weighted by molar-refractivity contribution is -0.152. The fourth-order valence-electron chi connectivity index (χ4n) is 3.03. The Bertz CT molecular complexity index is 1070. The normalized spacial score (nSPS) is 15.3. The largest absolute Gasteiger partial charge is 0.455 e. The van der Waals surface area contributed by atoms with Crippen molar-refractivity contribution in [3.8, 4) is 6.07 Å². The Kier molecular flexibility index (Phi) is 7.10. The van der Waals surface area contributed by atoms with Gasteiger partial charge < -0.3 is 10.1 Å². The standard InChI is InChI=1S/C19H18ClN3O5S2/c20-15-4-3-14(11-21)16(10-15)22-17(24)12-28-19(25)13-5-7-23(8-6-13)30(26,27)18-2-1-9-29-18/h1-4,9-10,13H,5-8,12H2,(H,22,24). The van der Waals surface area contributed by atoms with Crippen LogP contribution in [0.15, 0.2) is 39.9 Å². The van der Waals surface area contributed by atoms with E-state index in [4.69, 9.17) is 21.6 Å². The van der Waals surface area contributed by atoms with Crippen LogP contribution < -0.4 is 5.32 Å². The Labute approximate surface area is 183 Å². The summed E-state index contributed by atoms with van der Waals surface area (Å²) in [5.41, 5.74) is 0.469. The van der Waals surface area contributed by atoms with Gasteiger partial charge >= 0.3 is 5.97 Å². The molecule has 1 aliphatic rings. The summed E-state index contributed by atoms with van der Waals surface area (Å²) < 4.78 is 31.8. The number of nitrogens with zero attached hydrogens (tertiary/aromatic N) is 2. The van der Waals surface area contributed by atoms with Gasteiger partial charge in [-0.1, -0.05) is 17.7 Å². The van der Waals surface area contributed by atoms with Crippen LogP contribution in [0.5, 0.6) is 0 Å². The van der Waals surface area contributed by atoms with Crippen LogP contribution in [-0.4, -0.2) is 44.3 Å². The van der Waals surface area contributed by atoms with Crippen LogP contribution in [-0.2, 0) is 24.3 Å². The van der Waals surface area contributed by atoms with E-state index in [-0.39, 0.29) is 28.5 Å². The number of sulfonamides is 1. The third-order valence-corrected chi connectivity index (χ3v) is 8.10. The number of esters is 1. The number of halogens is 1. The third kappa shape index (κ3) is 5.17. The van der Waals surface area contributed by atoms with Crippen molar-refractivity contribution in [1.82, 2.24) is 4.31 Å². The molecule has 2 heterocycles. The summed E-state index contributed by atoms with van der Waals surface area (Å²) in [6.45, 7) is -0.0929. The molecule has 1 saturated heterocycles. The van der Waals surface area contributed by atoms with E-state index in [0.29, 0.717) is 17.9 Å². The Morgan fingerprint density at radius 1 is 1.30 bits per heavy atom. The van der Waals surface area contributed by atoms with Gasteiger partial charge in [0, 0.05) is 18.1 Å². The Balaban J connectivity index is 1.49. The number of carbonyl (C=O) groups excluding carboxylic acids is 2. The maximum atomic E-state index is 12.5. The van der Waals surface area contributed by atoms with Crippen molar-refractivity contribution in [3.63, 3.8) is 0 Å². The molecular weight excluding hydrogens is 450 g/mol. The second-order valence-corrected chi connectivity index (χ2v) is 10.1. The molecule has 158 valence electrons. The highest BCUT2D eigenvalue weighted by Crippen LogP contribution is 2.27. The van der Waals surface area contributed by atoms with Gasteiger partial charge in [0.1, 0.15) is 10.3 Å². The molecule has 3 rings (SSSR count). The topological polar surface area (TPSA) is 117 Å². The molecule has 2 aromatic rings. The molecule has 1 aromatic carbocycles. The second-order valence-electron chi connectivity index (χ2n) is 6.57. The summed E-state index contributed by atoms with van der Waals surface area (Å²) in [7, 11) is -3.54. The molecule has 0 spiro atoms. The highest BCUT2D eigenvalue weighted by atomic mass is 35.5. The number of ether oxygens (including phenoxy) is 1. The highest BCUT2D eigenvalue weighted by molar-refractivity contribution is 7.91. The number of benzene rings is 1. The zero-order valence-electron chi connectivity index (χ0n) is 15.7. The first-order chi connectivity index (χ1) is 14.3. The van der Waals surface area contributed by atoms with E-state index in [1.165, 1.54) is 22.5 Å². The van der Waals surface area contributed by atoms with E-state index in [0.717, 1.165) is 11.3 Å².